The molecule has 1 aromatic heterocycles. The van der Waals surface area contributed by atoms with Gasteiger partial charge in [-0.25, -0.2) is 0 Å². The van der Waals surface area contributed by atoms with E-state index in [1.54, 1.807) is 10.9 Å². The molecule has 19 heavy (non-hydrogen) atoms. The van der Waals surface area contributed by atoms with Crippen LogP contribution in [0.15, 0.2) is 23.6 Å². The van der Waals surface area contributed by atoms with Gasteiger partial charge >= 0.3 is 0 Å². The van der Waals surface area contributed by atoms with Crippen LogP contribution in [0.2, 0.25) is 0 Å². The van der Waals surface area contributed by atoms with Crippen LogP contribution in [0, 0.1) is 5.41 Å². The van der Waals surface area contributed by atoms with Gasteiger partial charge in [0.1, 0.15) is 11.9 Å². The lowest BCUT2D eigenvalue weighted by molar-refractivity contribution is 0.114. The van der Waals surface area contributed by atoms with Crippen molar-refractivity contribution in [3.05, 3.63) is 34.8 Å². The maximum Gasteiger partial charge on any atom is 0.224 e. The van der Waals surface area contributed by atoms with E-state index in [4.69, 9.17) is 0 Å². The minimum atomic E-state index is -0.371. The molecule has 0 unspecified atom stereocenters. The number of hydrogen-bond donors (Lipinski definition) is 2. The first-order valence-electron chi connectivity index (χ1n) is 6.56. The van der Waals surface area contributed by atoms with Crippen LogP contribution in [0.3, 0.4) is 0 Å². The third kappa shape index (κ3) is 1.80. The van der Waals surface area contributed by atoms with E-state index in [1.165, 1.54) is 6.07 Å². The third-order valence-electron chi connectivity index (χ3n) is 4.05. The van der Waals surface area contributed by atoms with Crippen LogP contribution in [0.5, 0.6) is 5.75 Å². The van der Waals surface area contributed by atoms with Crippen molar-refractivity contribution >= 4 is 5.70 Å². The third-order valence-corrected chi connectivity index (χ3v) is 4.05. The number of piperidine rings is 1. The quantitative estimate of drug-likeness (QED) is 0.743. The SMILES string of the molecule is C=C1c2c(O)c(=O)ccn2N[C@@H]2CCC(C)(C)CN12. The van der Waals surface area contributed by atoms with Crippen molar-refractivity contribution in [2.75, 3.05) is 12.0 Å². The largest absolute Gasteiger partial charge is 0.503 e. The topological polar surface area (TPSA) is 57.5 Å². The number of hydrogen-bond acceptors (Lipinski definition) is 4. The Morgan fingerprint density at radius 3 is 3.00 bits per heavy atom. The van der Waals surface area contributed by atoms with Crippen LogP contribution in [0.1, 0.15) is 32.4 Å². The summed E-state index contributed by atoms with van der Waals surface area (Å²) in [5.41, 5.74) is 4.35. The zero-order valence-corrected chi connectivity index (χ0v) is 11.3. The fourth-order valence-corrected chi connectivity index (χ4v) is 2.96. The van der Waals surface area contributed by atoms with Gasteiger partial charge in [0.15, 0.2) is 5.75 Å². The molecule has 1 aromatic rings. The van der Waals surface area contributed by atoms with Crippen LogP contribution in [-0.4, -0.2) is 27.4 Å². The minimum absolute atomic E-state index is 0.176. The fraction of sp³-hybridized carbons (Fsp3) is 0.500. The van der Waals surface area contributed by atoms with Crippen molar-refractivity contribution in [1.29, 1.82) is 0 Å². The highest BCUT2D eigenvalue weighted by Gasteiger charge is 2.38. The van der Waals surface area contributed by atoms with Gasteiger partial charge in [-0.2, -0.15) is 0 Å². The van der Waals surface area contributed by atoms with Crippen LogP contribution < -0.4 is 10.9 Å². The standard InChI is InChI=1S/C14H19N3O2/c1-9-12-13(19)10(18)5-7-17(12)15-11-4-6-14(2,3)8-16(9)11/h5,7,11,15,19H,1,4,6,8H2,2-3H3/t11-/m0/s1. The molecule has 5 heteroatoms. The molecule has 2 aliphatic rings. The van der Waals surface area contributed by atoms with Gasteiger partial charge in [0, 0.05) is 18.8 Å². The molecule has 0 spiro atoms. The van der Waals surface area contributed by atoms with Crippen LogP contribution in [0.4, 0.5) is 0 Å². The molecular weight excluding hydrogens is 242 g/mol. The van der Waals surface area contributed by atoms with E-state index < -0.39 is 0 Å². The number of fused-ring (bicyclic) bond motifs is 2. The number of nitrogens with zero attached hydrogens (tertiary/aromatic N) is 2. The van der Waals surface area contributed by atoms with Gasteiger partial charge in [-0.15, -0.1) is 0 Å². The molecule has 1 fully saturated rings. The summed E-state index contributed by atoms with van der Waals surface area (Å²) in [6.07, 6.45) is 3.98. The average Bonchev–Trinajstić information content (AvgIpc) is 2.34. The molecule has 2 aliphatic heterocycles. The highest BCUT2D eigenvalue weighted by molar-refractivity contribution is 5.66. The molecule has 0 aliphatic carbocycles. The van der Waals surface area contributed by atoms with E-state index in [9.17, 15) is 9.90 Å². The summed E-state index contributed by atoms with van der Waals surface area (Å²) in [5, 5.41) is 9.97. The number of aromatic nitrogens is 1. The zero-order valence-electron chi connectivity index (χ0n) is 11.3. The van der Waals surface area contributed by atoms with Crippen molar-refractivity contribution in [3.8, 4) is 5.75 Å². The Morgan fingerprint density at radius 1 is 1.53 bits per heavy atom. The van der Waals surface area contributed by atoms with E-state index in [2.05, 4.69) is 30.8 Å². The van der Waals surface area contributed by atoms with Gasteiger partial charge in [-0.1, -0.05) is 20.4 Å². The summed E-state index contributed by atoms with van der Waals surface area (Å²) in [7, 11) is 0. The molecule has 0 radical (unpaired) electrons. The number of aromatic hydroxyl groups is 1. The Bertz CT molecular complexity index is 603. The summed E-state index contributed by atoms with van der Waals surface area (Å²) in [5.74, 6) is -0.234. The minimum Gasteiger partial charge on any atom is -0.503 e. The second-order valence-corrected chi connectivity index (χ2v) is 6.17. The molecular formula is C14H19N3O2. The lowest BCUT2D eigenvalue weighted by Gasteiger charge is -2.49. The van der Waals surface area contributed by atoms with Gasteiger partial charge in [-0.3, -0.25) is 9.47 Å². The smallest absolute Gasteiger partial charge is 0.224 e. The van der Waals surface area contributed by atoms with Crippen molar-refractivity contribution < 1.29 is 5.11 Å². The molecule has 0 aromatic carbocycles. The summed E-state index contributed by atoms with van der Waals surface area (Å²) in [6, 6.07) is 1.36. The Balaban J connectivity index is 2.07. The normalized spacial score (nSPS) is 24.4. The van der Waals surface area contributed by atoms with E-state index in [1.807, 2.05) is 0 Å². The van der Waals surface area contributed by atoms with Crippen LogP contribution in [0.25, 0.3) is 5.70 Å². The first-order chi connectivity index (χ1) is 8.89. The van der Waals surface area contributed by atoms with E-state index in [0.717, 1.165) is 19.4 Å². The highest BCUT2D eigenvalue weighted by atomic mass is 16.3. The van der Waals surface area contributed by atoms with Gasteiger partial charge in [0.05, 0.1) is 5.70 Å². The fourth-order valence-electron chi connectivity index (χ4n) is 2.96. The Kier molecular flexibility index (Phi) is 2.42. The molecule has 1 atom stereocenters. The Morgan fingerprint density at radius 2 is 2.26 bits per heavy atom. The van der Waals surface area contributed by atoms with Crippen molar-refractivity contribution in [1.82, 2.24) is 9.58 Å². The molecule has 102 valence electrons. The Labute approximate surface area is 112 Å². The van der Waals surface area contributed by atoms with E-state index in [-0.39, 0.29) is 22.8 Å². The molecule has 3 rings (SSSR count). The summed E-state index contributed by atoms with van der Waals surface area (Å²) >= 11 is 0. The van der Waals surface area contributed by atoms with Gasteiger partial charge in [-0.05, 0) is 18.3 Å². The Hall–Kier alpha value is -1.91. The predicted octanol–water partition coefficient (Wildman–Crippen LogP) is 1.53. The van der Waals surface area contributed by atoms with Crippen LogP contribution >= 0.6 is 0 Å². The highest BCUT2D eigenvalue weighted by Crippen LogP contribution is 2.38. The monoisotopic (exact) mass is 261 g/mol. The van der Waals surface area contributed by atoms with E-state index >= 15 is 0 Å². The first-order valence-corrected chi connectivity index (χ1v) is 6.56. The van der Waals surface area contributed by atoms with Crippen molar-refractivity contribution in [2.45, 2.75) is 32.9 Å². The molecule has 0 bridgehead atoms. The van der Waals surface area contributed by atoms with Gasteiger partial charge < -0.3 is 15.4 Å². The predicted molar refractivity (Wildman–Crippen MR) is 74.3 cm³/mol. The van der Waals surface area contributed by atoms with Crippen molar-refractivity contribution in [3.63, 3.8) is 0 Å². The molecule has 2 N–H and O–H groups in total. The lowest BCUT2D eigenvalue weighted by atomic mass is 9.82. The summed E-state index contributed by atoms with van der Waals surface area (Å²) in [6.45, 7) is 9.39. The molecule has 5 nitrogen and oxygen atoms in total. The summed E-state index contributed by atoms with van der Waals surface area (Å²) in [4.78, 5) is 13.7. The second kappa shape index (κ2) is 3.79. The van der Waals surface area contributed by atoms with Gasteiger partial charge in [0.25, 0.3) is 0 Å². The first kappa shape index (κ1) is 12.1. The average molecular weight is 261 g/mol. The molecule has 0 amide bonds. The maximum atomic E-state index is 11.6. The number of pyridine rings is 1. The maximum absolute atomic E-state index is 11.6. The van der Waals surface area contributed by atoms with Gasteiger partial charge in [0.2, 0.25) is 5.43 Å². The van der Waals surface area contributed by atoms with E-state index in [0.29, 0.717) is 11.4 Å². The lowest BCUT2D eigenvalue weighted by Crippen LogP contribution is -2.54. The second-order valence-electron chi connectivity index (χ2n) is 6.17. The molecule has 1 saturated heterocycles. The zero-order chi connectivity index (χ0) is 13.8. The van der Waals surface area contributed by atoms with Crippen LogP contribution in [-0.2, 0) is 0 Å². The molecule has 0 saturated carbocycles. The number of rotatable bonds is 0. The molecule has 3 heterocycles. The number of nitrogens with one attached hydrogen (secondary N) is 1. The summed E-state index contributed by atoms with van der Waals surface area (Å²) < 4.78 is 1.71. The van der Waals surface area contributed by atoms with Crippen molar-refractivity contribution in [2.24, 2.45) is 5.41 Å².